The number of para-hydroxylation sites is 4. The van der Waals surface area contributed by atoms with Gasteiger partial charge in [0.15, 0.2) is 10.6 Å². The minimum Gasteiger partial charge on any atom is -0.495 e. The van der Waals surface area contributed by atoms with Crippen LogP contribution in [0.1, 0.15) is 54.9 Å². The van der Waals surface area contributed by atoms with Crippen molar-refractivity contribution >= 4 is 23.8 Å². The van der Waals surface area contributed by atoms with E-state index in [2.05, 4.69) is 30.9 Å². The molecule has 1 unspecified atom stereocenters. The summed E-state index contributed by atoms with van der Waals surface area (Å²) < 4.78 is 15.5. The van der Waals surface area contributed by atoms with E-state index in [9.17, 15) is 4.79 Å². The Labute approximate surface area is 291 Å². The number of hydrogen-bond acceptors (Lipinski definition) is 6. The molecule has 1 aliphatic heterocycles. The molecule has 2 heterocycles. The van der Waals surface area contributed by atoms with Crippen LogP contribution in [0.15, 0.2) is 119 Å². The van der Waals surface area contributed by atoms with E-state index in [1.54, 1.807) is 18.8 Å². The molecule has 1 aliphatic carbocycles. The number of fused-ring (bicyclic) bond motifs is 1. The molecule has 0 saturated heterocycles. The molecular weight excluding hydrogens is 631 g/mol. The van der Waals surface area contributed by atoms with E-state index in [1.165, 1.54) is 0 Å². The van der Waals surface area contributed by atoms with Crippen LogP contribution in [-0.4, -0.2) is 29.1 Å². The minimum atomic E-state index is -0.633. The Morgan fingerprint density at radius 3 is 1.94 bits per heavy atom. The summed E-state index contributed by atoms with van der Waals surface area (Å²) in [6.07, 6.45) is 1.03. The van der Waals surface area contributed by atoms with Gasteiger partial charge in [-0.3, -0.25) is 14.2 Å². The van der Waals surface area contributed by atoms with Crippen molar-refractivity contribution in [1.82, 2.24) is 9.13 Å². The van der Waals surface area contributed by atoms with Crippen molar-refractivity contribution in [3.63, 3.8) is 0 Å². The maximum absolute atomic E-state index is 15.4. The van der Waals surface area contributed by atoms with Gasteiger partial charge in [-0.25, -0.2) is 4.57 Å². The normalized spacial score (nSPS) is 16.6. The number of aromatic nitrogens is 2. The smallest absolute Gasteiger partial charge is 0.265 e. The SMILES string of the molecule is COc1ccccc1-n1c2c(c(=O)n(-c3ccccc3OC)c1=S)C(c1ccc(C)cc1)C1=C(CC(C)(C)CC1=O)N2Cc1ccccc1. The molecule has 49 heavy (non-hydrogen) atoms. The Morgan fingerprint density at radius 1 is 0.755 bits per heavy atom. The second-order valence-corrected chi connectivity index (χ2v) is 13.9. The number of benzene rings is 4. The first-order valence-corrected chi connectivity index (χ1v) is 16.9. The minimum absolute atomic E-state index is 0.0510. The average molecular weight is 670 g/mol. The molecule has 0 N–H and O–H groups in total. The Morgan fingerprint density at radius 2 is 1.33 bits per heavy atom. The summed E-state index contributed by atoms with van der Waals surface area (Å²) >= 11 is 6.35. The van der Waals surface area contributed by atoms with Crippen LogP contribution in [0.3, 0.4) is 0 Å². The first-order valence-electron chi connectivity index (χ1n) is 16.5. The lowest BCUT2D eigenvalue weighted by Crippen LogP contribution is -2.44. The quantitative estimate of drug-likeness (QED) is 0.162. The lowest BCUT2D eigenvalue weighted by Gasteiger charge is -2.45. The number of allylic oxidation sites excluding steroid dienone is 2. The molecule has 0 radical (unpaired) electrons. The van der Waals surface area contributed by atoms with Gasteiger partial charge in [0.05, 0.1) is 31.2 Å². The predicted octanol–water partition coefficient (Wildman–Crippen LogP) is 8.48. The maximum atomic E-state index is 15.4. The van der Waals surface area contributed by atoms with Gasteiger partial charge in [-0.15, -0.1) is 0 Å². The van der Waals surface area contributed by atoms with Crippen LogP contribution in [0.25, 0.3) is 11.4 Å². The molecule has 5 aromatic rings. The zero-order valence-corrected chi connectivity index (χ0v) is 29.2. The van der Waals surface area contributed by atoms with Crippen LogP contribution >= 0.6 is 12.2 Å². The number of methoxy groups -OCH3 is 2. The highest BCUT2D eigenvalue weighted by Crippen LogP contribution is 2.52. The van der Waals surface area contributed by atoms with Crippen LogP contribution in [0.5, 0.6) is 11.5 Å². The summed E-state index contributed by atoms with van der Waals surface area (Å²) in [5, 5.41) is 0. The van der Waals surface area contributed by atoms with Crippen LogP contribution in [-0.2, 0) is 11.3 Å². The van der Waals surface area contributed by atoms with Gasteiger partial charge in [0.2, 0.25) is 0 Å². The highest BCUT2D eigenvalue weighted by Gasteiger charge is 2.46. The van der Waals surface area contributed by atoms with E-state index in [1.807, 2.05) is 102 Å². The summed E-state index contributed by atoms with van der Waals surface area (Å²) in [7, 11) is 3.21. The Balaban J connectivity index is 1.70. The highest BCUT2D eigenvalue weighted by atomic mass is 32.1. The summed E-state index contributed by atoms with van der Waals surface area (Å²) in [5.74, 6) is 1.14. The third-order valence-electron chi connectivity index (χ3n) is 9.57. The van der Waals surface area contributed by atoms with Gasteiger partial charge in [0.25, 0.3) is 5.56 Å². The van der Waals surface area contributed by atoms with Gasteiger partial charge in [-0.1, -0.05) is 98.3 Å². The largest absolute Gasteiger partial charge is 0.495 e. The number of ether oxygens (including phenoxy) is 2. The van der Waals surface area contributed by atoms with Gasteiger partial charge >= 0.3 is 0 Å². The van der Waals surface area contributed by atoms with Gasteiger partial charge in [-0.05, 0) is 66.4 Å². The molecule has 0 spiro atoms. The number of Topliss-reactive ketones (excluding diaryl/α,β-unsaturated/α-hetero) is 1. The highest BCUT2D eigenvalue weighted by molar-refractivity contribution is 7.71. The summed E-state index contributed by atoms with van der Waals surface area (Å²) in [5.41, 5.74) is 5.65. The standard InChI is InChI=1S/C41H39N3O4S/c1-26-19-21-28(22-20-26)35-36-31(23-41(2,3)24-32(36)45)42(25-27-13-7-6-8-14-27)38-37(35)39(46)44(30-16-10-12-18-34(30)48-5)40(49)43(38)29-15-9-11-17-33(29)47-4/h6-22,35H,23-25H2,1-5H3. The molecule has 0 bridgehead atoms. The fourth-order valence-corrected chi connectivity index (χ4v) is 7.73. The Kier molecular flexibility index (Phi) is 8.36. The molecule has 7 nitrogen and oxygen atoms in total. The number of carbonyl (C=O) groups is 1. The van der Waals surface area contributed by atoms with E-state index < -0.39 is 5.92 Å². The van der Waals surface area contributed by atoms with Crippen molar-refractivity contribution in [2.45, 2.75) is 46.1 Å². The molecule has 1 aromatic heterocycles. The van der Waals surface area contributed by atoms with Crippen molar-refractivity contribution in [2.24, 2.45) is 5.41 Å². The van der Waals surface area contributed by atoms with Gasteiger partial charge < -0.3 is 14.4 Å². The van der Waals surface area contributed by atoms with E-state index in [4.69, 9.17) is 21.7 Å². The fraction of sp³-hybridized carbons (Fsp3) is 0.244. The molecule has 8 heteroatoms. The number of carbonyl (C=O) groups excluding carboxylic acids is 1. The van der Waals surface area contributed by atoms with Crippen LogP contribution in [0.2, 0.25) is 0 Å². The summed E-state index contributed by atoms with van der Waals surface area (Å²) in [6.45, 7) is 6.74. The maximum Gasteiger partial charge on any atom is 0.265 e. The average Bonchev–Trinajstić information content (AvgIpc) is 3.09. The lowest BCUT2D eigenvalue weighted by atomic mass is 9.68. The summed E-state index contributed by atoms with van der Waals surface area (Å²) in [4.78, 5) is 32.1. The number of hydrogen-bond donors (Lipinski definition) is 0. The molecule has 0 fully saturated rings. The Hall–Kier alpha value is -5.21. The first-order chi connectivity index (χ1) is 23.6. The van der Waals surface area contributed by atoms with Crippen LogP contribution in [0, 0.1) is 17.1 Å². The number of rotatable bonds is 7. The van der Waals surface area contributed by atoms with Crippen molar-refractivity contribution in [1.29, 1.82) is 0 Å². The van der Waals surface area contributed by atoms with E-state index in [-0.39, 0.29) is 21.5 Å². The molecular formula is C41H39N3O4S. The van der Waals surface area contributed by atoms with Gasteiger partial charge in [0, 0.05) is 30.2 Å². The fourth-order valence-electron chi connectivity index (χ4n) is 7.36. The summed E-state index contributed by atoms with van der Waals surface area (Å²) in [6, 6.07) is 33.4. The number of aryl methyl sites for hydroxylation is 1. The second-order valence-electron chi connectivity index (χ2n) is 13.6. The molecule has 1 atom stereocenters. The topological polar surface area (TPSA) is 65.7 Å². The first kappa shape index (κ1) is 32.3. The van der Waals surface area contributed by atoms with Gasteiger partial charge in [-0.2, -0.15) is 0 Å². The molecule has 248 valence electrons. The zero-order valence-electron chi connectivity index (χ0n) is 28.4. The van der Waals surface area contributed by atoms with Crippen LogP contribution in [0.4, 0.5) is 5.82 Å². The van der Waals surface area contributed by atoms with Crippen molar-refractivity contribution < 1.29 is 14.3 Å². The molecule has 4 aromatic carbocycles. The third kappa shape index (κ3) is 5.60. The monoisotopic (exact) mass is 669 g/mol. The van der Waals surface area contributed by atoms with Crippen LogP contribution < -0.4 is 19.9 Å². The van der Waals surface area contributed by atoms with Crippen molar-refractivity contribution in [3.05, 3.63) is 152 Å². The molecule has 0 saturated carbocycles. The predicted molar refractivity (Wildman–Crippen MR) is 196 cm³/mol. The number of anilines is 1. The van der Waals surface area contributed by atoms with Gasteiger partial charge in [0.1, 0.15) is 17.3 Å². The van der Waals surface area contributed by atoms with Crippen molar-refractivity contribution in [3.8, 4) is 22.9 Å². The lowest BCUT2D eigenvalue weighted by molar-refractivity contribution is -0.118. The second kappa shape index (κ2) is 12.7. The van der Waals surface area contributed by atoms with E-state index >= 15 is 4.79 Å². The van der Waals surface area contributed by atoms with E-state index in [0.29, 0.717) is 59.2 Å². The molecule has 7 rings (SSSR count). The molecule has 0 amide bonds. The third-order valence-corrected chi connectivity index (χ3v) is 9.94. The number of ketones is 1. The van der Waals surface area contributed by atoms with Crippen molar-refractivity contribution in [2.75, 3.05) is 19.1 Å². The molecule has 2 aliphatic rings. The van der Waals surface area contributed by atoms with E-state index in [0.717, 1.165) is 22.4 Å². The number of nitrogens with zero attached hydrogens (tertiary/aromatic N) is 3. The zero-order chi connectivity index (χ0) is 34.4. The Bertz CT molecular complexity index is 2230.